The number of nitrogens with zero attached hydrogens (tertiary/aromatic N) is 2. The highest BCUT2D eigenvalue weighted by Gasteiger charge is 2.21. The van der Waals surface area contributed by atoms with Crippen molar-refractivity contribution in [2.24, 2.45) is 0 Å². The zero-order valence-corrected chi connectivity index (χ0v) is 6.95. The molecule has 0 radical (unpaired) electrons. The summed E-state index contributed by atoms with van der Waals surface area (Å²) in [6, 6.07) is 2.31. The molecule has 0 unspecified atom stereocenters. The molecule has 0 bridgehead atoms. The summed E-state index contributed by atoms with van der Waals surface area (Å²) in [5.74, 6) is 1.27. The summed E-state index contributed by atoms with van der Waals surface area (Å²) in [4.78, 5) is 8.19. The summed E-state index contributed by atoms with van der Waals surface area (Å²) >= 11 is 0. The standard InChI is InChI=1S/C8H11N3O/c1-12-7-4-5-9-8(11-7)10-6-2-3-6/h4-6H,2-3H2,1H3,(H,9,10,11). The summed E-state index contributed by atoms with van der Waals surface area (Å²) in [6.07, 6.45) is 4.14. The van der Waals surface area contributed by atoms with Crippen LogP contribution in [-0.2, 0) is 0 Å². The maximum Gasteiger partial charge on any atom is 0.226 e. The summed E-state index contributed by atoms with van der Waals surface area (Å²) in [5.41, 5.74) is 0. The number of hydrogen-bond donors (Lipinski definition) is 1. The topological polar surface area (TPSA) is 47.0 Å². The van der Waals surface area contributed by atoms with Crippen LogP contribution >= 0.6 is 0 Å². The second-order valence-electron chi connectivity index (χ2n) is 2.84. The number of aromatic nitrogens is 2. The Labute approximate surface area is 71.0 Å². The maximum absolute atomic E-state index is 4.97. The van der Waals surface area contributed by atoms with Crippen LogP contribution in [-0.4, -0.2) is 23.1 Å². The van der Waals surface area contributed by atoms with Gasteiger partial charge in [0.25, 0.3) is 0 Å². The zero-order chi connectivity index (χ0) is 8.39. The lowest BCUT2D eigenvalue weighted by Gasteiger charge is -2.02. The molecule has 1 aliphatic carbocycles. The number of rotatable bonds is 3. The molecule has 0 aliphatic heterocycles. The molecule has 1 aromatic heterocycles. The van der Waals surface area contributed by atoms with Crippen molar-refractivity contribution >= 4 is 5.95 Å². The van der Waals surface area contributed by atoms with Gasteiger partial charge in [0.15, 0.2) is 0 Å². The third-order valence-corrected chi connectivity index (χ3v) is 1.75. The van der Waals surface area contributed by atoms with Gasteiger partial charge in [-0.1, -0.05) is 0 Å². The van der Waals surface area contributed by atoms with Gasteiger partial charge in [0.05, 0.1) is 7.11 Å². The van der Waals surface area contributed by atoms with Crippen LogP contribution in [0.2, 0.25) is 0 Å². The lowest BCUT2D eigenvalue weighted by atomic mass is 10.6. The van der Waals surface area contributed by atoms with Crippen LogP contribution in [0.1, 0.15) is 12.8 Å². The minimum Gasteiger partial charge on any atom is -0.481 e. The monoisotopic (exact) mass is 165 g/mol. The Morgan fingerprint density at radius 3 is 3.08 bits per heavy atom. The predicted octanol–water partition coefficient (Wildman–Crippen LogP) is 1.06. The second kappa shape index (κ2) is 2.97. The Hall–Kier alpha value is -1.32. The van der Waals surface area contributed by atoms with Gasteiger partial charge >= 0.3 is 0 Å². The van der Waals surface area contributed by atoms with Gasteiger partial charge in [-0.25, -0.2) is 4.98 Å². The molecule has 1 fully saturated rings. The smallest absolute Gasteiger partial charge is 0.226 e. The highest BCUT2D eigenvalue weighted by Crippen LogP contribution is 2.23. The maximum atomic E-state index is 4.97. The number of methoxy groups -OCH3 is 1. The fraction of sp³-hybridized carbons (Fsp3) is 0.500. The average Bonchev–Trinajstić information content (AvgIpc) is 2.89. The second-order valence-corrected chi connectivity index (χ2v) is 2.84. The summed E-state index contributed by atoms with van der Waals surface area (Å²) < 4.78 is 4.97. The fourth-order valence-electron chi connectivity index (χ4n) is 0.936. The quantitative estimate of drug-likeness (QED) is 0.727. The first kappa shape index (κ1) is 7.34. The van der Waals surface area contributed by atoms with E-state index in [0.29, 0.717) is 17.9 Å². The van der Waals surface area contributed by atoms with Gasteiger partial charge < -0.3 is 10.1 Å². The highest BCUT2D eigenvalue weighted by molar-refractivity contribution is 5.30. The minimum absolute atomic E-state index is 0.581. The van der Waals surface area contributed by atoms with Gasteiger partial charge in [-0.2, -0.15) is 4.98 Å². The average molecular weight is 165 g/mol. The number of nitrogens with one attached hydrogen (secondary N) is 1. The number of anilines is 1. The molecular weight excluding hydrogens is 154 g/mol. The van der Waals surface area contributed by atoms with Gasteiger partial charge in [0.2, 0.25) is 11.8 Å². The van der Waals surface area contributed by atoms with E-state index in [9.17, 15) is 0 Å². The zero-order valence-electron chi connectivity index (χ0n) is 6.95. The first-order chi connectivity index (χ1) is 5.88. The molecule has 2 rings (SSSR count). The Morgan fingerprint density at radius 1 is 1.58 bits per heavy atom. The molecule has 64 valence electrons. The SMILES string of the molecule is COc1ccnc(NC2CC2)n1. The van der Waals surface area contributed by atoms with E-state index in [4.69, 9.17) is 4.74 Å². The van der Waals surface area contributed by atoms with Crippen LogP contribution in [0.3, 0.4) is 0 Å². The third kappa shape index (κ3) is 1.64. The predicted molar refractivity (Wildman–Crippen MR) is 45.2 cm³/mol. The molecule has 4 nitrogen and oxygen atoms in total. The number of hydrogen-bond acceptors (Lipinski definition) is 4. The van der Waals surface area contributed by atoms with Crippen LogP contribution in [0.15, 0.2) is 12.3 Å². The van der Waals surface area contributed by atoms with E-state index >= 15 is 0 Å². The minimum atomic E-state index is 0.581. The molecule has 1 saturated carbocycles. The Morgan fingerprint density at radius 2 is 2.42 bits per heavy atom. The molecule has 12 heavy (non-hydrogen) atoms. The van der Waals surface area contributed by atoms with E-state index in [1.807, 2.05) is 0 Å². The Balaban J connectivity index is 2.08. The molecule has 1 aromatic rings. The first-order valence-electron chi connectivity index (χ1n) is 4.02. The molecule has 0 atom stereocenters. The molecular formula is C8H11N3O. The first-order valence-corrected chi connectivity index (χ1v) is 4.02. The lowest BCUT2D eigenvalue weighted by Crippen LogP contribution is -2.05. The fourth-order valence-corrected chi connectivity index (χ4v) is 0.936. The molecule has 0 spiro atoms. The van der Waals surface area contributed by atoms with Gasteiger partial charge in [-0.05, 0) is 12.8 Å². The van der Waals surface area contributed by atoms with Crippen LogP contribution in [0, 0.1) is 0 Å². The molecule has 0 amide bonds. The van der Waals surface area contributed by atoms with Crippen LogP contribution in [0.4, 0.5) is 5.95 Å². The van der Waals surface area contributed by atoms with E-state index < -0.39 is 0 Å². The summed E-state index contributed by atoms with van der Waals surface area (Å²) in [5, 5.41) is 3.19. The van der Waals surface area contributed by atoms with E-state index in [1.54, 1.807) is 19.4 Å². The molecule has 4 heteroatoms. The largest absolute Gasteiger partial charge is 0.481 e. The summed E-state index contributed by atoms with van der Waals surface area (Å²) in [7, 11) is 1.60. The molecule has 0 saturated heterocycles. The van der Waals surface area contributed by atoms with Crippen molar-refractivity contribution in [1.82, 2.24) is 9.97 Å². The molecule has 0 aromatic carbocycles. The van der Waals surface area contributed by atoms with Gasteiger partial charge in [0.1, 0.15) is 0 Å². The van der Waals surface area contributed by atoms with E-state index in [1.165, 1.54) is 12.8 Å². The van der Waals surface area contributed by atoms with Crippen LogP contribution in [0.5, 0.6) is 5.88 Å². The highest BCUT2D eigenvalue weighted by atomic mass is 16.5. The van der Waals surface area contributed by atoms with Crippen LogP contribution in [0.25, 0.3) is 0 Å². The lowest BCUT2D eigenvalue weighted by molar-refractivity contribution is 0.397. The van der Waals surface area contributed by atoms with Gasteiger partial charge in [-0.15, -0.1) is 0 Å². The molecule has 1 heterocycles. The van der Waals surface area contributed by atoms with E-state index in [0.717, 1.165) is 0 Å². The molecule has 1 N–H and O–H groups in total. The van der Waals surface area contributed by atoms with Gasteiger partial charge in [-0.3, -0.25) is 0 Å². The summed E-state index contributed by atoms with van der Waals surface area (Å²) in [6.45, 7) is 0. The normalized spacial score (nSPS) is 15.8. The van der Waals surface area contributed by atoms with E-state index in [-0.39, 0.29) is 0 Å². The van der Waals surface area contributed by atoms with E-state index in [2.05, 4.69) is 15.3 Å². The van der Waals surface area contributed by atoms with Crippen molar-refractivity contribution in [2.45, 2.75) is 18.9 Å². The van der Waals surface area contributed by atoms with Crippen molar-refractivity contribution in [3.8, 4) is 5.88 Å². The third-order valence-electron chi connectivity index (χ3n) is 1.75. The Kier molecular flexibility index (Phi) is 1.81. The van der Waals surface area contributed by atoms with Crippen molar-refractivity contribution in [3.63, 3.8) is 0 Å². The van der Waals surface area contributed by atoms with Crippen molar-refractivity contribution in [3.05, 3.63) is 12.3 Å². The number of ether oxygens (including phenoxy) is 1. The van der Waals surface area contributed by atoms with Crippen molar-refractivity contribution in [2.75, 3.05) is 12.4 Å². The molecule has 1 aliphatic rings. The van der Waals surface area contributed by atoms with Gasteiger partial charge in [0, 0.05) is 18.3 Å². The van der Waals surface area contributed by atoms with Crippen LogP contribution < -0.4 is 10.1 Å². The van der Waals surface area contributed by atoms with Crippen molar-refractivity contribution in [1.29, 1.82) is 0 Å². The Bertz CT molecular complexity index is 273. The van der Waals surface area contributed by atoms with Crippen molar-refractivity contribution < 1.29 is 4.74 Å².